The summed E-state index contributed by atoms with van der Waals surface area (Å²) >= 11 is 0. The number of halogens is 4. The SMILES string of the molecule is CC(C)[C@H](c1ccc(C(C)(F)F)c(F)c1)n1nc(CF)c2c(=O)[nH]c(N(C)C)nc21. The molecule has 0 fully saturated rings. The molecule has 3 rings (SSSR count). The van der Waals surface area contributed by atoms with E-state index in [2.05, 4.69) is 15.1 Å². The molecule has 0 unspecified atom stereocenters. The lowest BCUT2D eigenvalue weighted by atomic mass is 9.94. The molecule has 0 saturated carbocycles. The Morgan fingerprint density at radius 1 is 1.27 bits per heavy atom. The largest absolute Gasteiger partial charge is 0.348 e. The second kappa shape index (κ2) is 7.73. The van der Waals surface area contributed by atoms with Gasteiger partial charge in [0.25, 0.3) is 11.5 Å². The third-order valence-electron chi connectivity index (χ3n) is 4.87. The van der Waals surface area contributed by atoms with Crippen molar-refractivity contribution >= 4 is 17.0 Å². The topological polar surface area (TPSA) is 66.8 Å². The van der Waals surface area contributed by atoms with Gasteiger partial charge < -0.3 is 4.90 Å². The van der Waals surface area contributed by atoms with Gasteiger partial charge in [0.2, 0.25) is 5.95 Å². The van der Waals surface area contributed by atoms with Crippen molar-refractivity contribution in [2.75, 3.05) is 19.0 Å². The average molecular weight is 425 g/mol. The van der Waals surface area contributed by atoms with Crippen LogP contribution >= 0.6 is 0 Å². The Hall–Kier alpha value is -2.91. The van der Waals surface area contributed by atoms with Gasteiger partial charge in [-0.2, -0.15) is 10.1 Å². The average Bonchev–Trinajstić information content (AvgIpc) is 2.99. The van der Waals surface area contributed by atoms with Crippen LogP contribution in [-0.4, -0.2) is 33.8 Å². The van der Waals surface area contributed by atoms with Crippen LogP contribution in [-0.2, 0) is 12.6 Å². The number of nitrogens with one attached hydrogen (secondary N) is 1. The summed E-state index contributed by atoms with van der Waals surface area (Å²) in [4.78, 5) is 21.1. The van der Waals surface area contributed by atoms with E-state index in [1.54, 1.807) is 19.0 Å². The number of alkyl halides is 3. The smallest absolute Gasteiger partial charge is 0.273 e. The van der Waals surface area contributed by atoms with Gasteiger partial charge in [-0.05, 0) is 23.6 Å². The minimum absolute atomic E-state index is 0.00549. The standard InChI is InChI=1S/C20H23F4N5O/c1-10(2)16(11-6-7-12(13(22)8-11)20(3,23)24)29-17-15(14(9-21)27-29)18(30)26-19(25-17)28(4)5/h6-8,10,16H,9H2,1-5H3,(H,25,26,30)/t16-/m1/s1. The number of aromatic amines is 1. The highest BCUT2D eigenvalue weighted by atomic mass is 19.3. The third kappa shape index (κ3) is 3.78. The van der Waals surface area contributed by atoms with Gasteiger partial charge in [-0.15, -0.1) is 0 Å². The zero-order chi connectivity index (χ0) is 22.4. The van der Waals surface area contributed by atoms with E-state index in [0.29, 0.717) is 12.5 Å². The number of H-pyrrole nitrogens is 1. The van der Waals surface area contributed by atoms with Crippen LogP contribution in [0.1, 0.15) is 43.6 Å². The summed E-state index contributed by atoms with van der Waals surface area (Å²) in [6.07, 6.45) is 0. The van der Waals surface area contributed by atoms with Crippen molar-refractivity contribution in [1.29, 1.82) is 0 Å². The minimum Gasteiger partial charge on any atom is -0.348 e. The number of hydrogen-bond donors (Lipinski definition) is 1. The molecule has 0 radical (unpaired) electrons. The zero-order valence-corrected chi connectivity index (χ0v) is 17.3. The molecule has 0 aliphatic heterocycles. The van der Waals surface area contributed by atoms with Gasteiger partial charge in [0.1, 0.15) is 23.6 Å². The highest BCUT2D eigenvalue weighted by molar-refractivity contribution is 5.78. The van der Waals surface area contributed by atoms with Crippen LogP contribution < -0.4 is 10.5 Å². The van der Waals surface area contributed by atoms with Gasteiger partial charge >= 0.3 is 0 Å². The summed E-state index contributed by atoms with van der Waals surface area (Å²) in [5.74, 6) is -4.33. The van der Waals surface area contributed by atoms with Gasteiger partial charge in [-0.3, -0.25) is 9.78 Å². The molecule has 1 aromatic carbocycles. The molecule has 10 heteroatoms. The molecular weight excluding hydrogens is 402 g/mol. The first-order valence-corrected chi connectivity index (χ1v) is 9.38. The van der Waals surface area contributed by atoms with Crippen LogP contribution in [0.5, 0.6) is 0 Å². The van der Waals surface area contributed by atoms with Crippen molar-refractivity contribution in [2.45, 2.75) is 39.4 Å². The molecule has 3 aromatic rings. The van der Waals surface area contributed by atoms with E-state index in [1.165, 1.54) is 10.7 Å². The van der Waals surface area contributed by atoms with Crippen molar-refractivity contribution in [3.63, 3.8) is 0 Å². The summed E-state index contributed by atoms with van der Waals surface area (Å²) < 4.78 is 56.6. The summed E-state index contributed by atoms with van der Waals surface area (Å²) in [5.41, 5.74) is -0.852. The molecule has 0 aliphatic carbocycles. The van der Waals surface area contributed by atoms with Gasteiger partial charge in [0.15, 0.2) is 5.65 Å². The van der Waals surface area contributed by atoms with E-state index in [9.17, 15) is 22.4 Å². The maximum atomic E-state index is 14.5. The van der Waals surface area contributed by atoms with Gasteiger partial charge in [-0.25, -0.2) is 22.2 Å². The lowest BCUT2D eigenvalue weighted by molar-refractivity contribution is 0.0137. The third-order valence-corrected chi connectivity index (χ3v) is 4.87. The number of hydrogen-bond acceptors (Lipinski definition) is 4. The normalized spacial score (nSPS) is 13.3. The molecule has 6 nitrogen and oxygen atoms in total. The molecule has 0 spiro atoms. The molecular formula is C20H23F4N5O. The first-order valence-electron chi connectivity index (χ1n) is 9.38. The molecule has 2 heterocycles. The molecule has 0 amide bonds. The van der Waals surface area contributed by atoms with E-state index in [4.69, 9.17) is 0 Å². The monoisotopic (exact) mass is 425 g/mol. The van der Waals surface area contributed by atoms with Gasteiger partial charge in [0.05, 0.1) is 11.6 Å². The molecule has 162 valence electrons. The quantitative estimate of drug-likeness (QED) is 0.603. The van der Waals surface area contributed by atoms with Crippen molar-refractivity contribution in [2.24, 2.45) is 5.92 Å². The maximum absolute atomic E-state index is 14.5. The predicted octanol–water partition coefficient (Wildman–Crippen LogP) is 4.15. The Bertz CT molecular complexity index is 1130. The molecule has 0 saturated heterocycles. The second-order valence-electron chi connectivity index (χ2n) is 7.82. The summed E-state index contributed by atoms with van der Waals surface area (Å²) in [6.45, 7) is 3.29. The predicted molar refractivity (Wildman–Crippen MR) is 106 cm³/mol. The van der Waals surface area contributed by atoms with E-state index >= 15 is 0 Å². The van der Waals surface area contributed by atoms with E-state index < -0.39 is 35.6 Å². The molecule has 30 heavy (non-hydrogen) atoms. The van der Waals surface area contributed by atoms with Crippen LogP contribution in [0.4, 0.5) is 23.5 Å². The second-order valence-corrected chi connectivity index (χ2v) is 7.82. The lowest BCUT2D eigenvalue weighted by Crippen LogP contribution is -2.22. The fraction of sp³-hybridized carbons (Fsp3) is 0.450. The first kappa shape index (κ1) is 21.8. The molecule has 1 atom stereocenters. The van der Waals surface area contributed by atoms with Crippen molar-refractivity contribution < 1.29 is 17.6 Å². The summed E-state index contributed by atoms with van der Waals surface area (Å²) in [7, 11) is 3.36. The minimum atomic E-state index is -3.33. The summed E-state index contributed by atoms with van der Waals surface area (Å²) in [5, 5.41) is 4.24. The Kier molecular flexibility index (Phi) is 5.62. The lowest BCUT2D eigenvalue weighted by Gasteiger charge is -2.24. The fourth-order valence-electron chi connectivity index (χ4n) is 3.48. The Balaban J connectivity index is 2.27. The van der Waals surface area contributed by atoms with Crippen molar-refractivity contribution in [3.8, 4) is 0 Å². The number of fused-ring (bicyclic) bond motifs is 1. The Morgan fingerprint density at radius 3 is 2.43 bits per heavy atom. The number of anilines is 1. The first-order chi connectivity index (χ1) is 14.0. The number of aromatic nitrogens is 4. The highest BCUT2D eigenvalue weighted by Crippen LogP contribution is 2.34. The van der Waals surface area contributed by atoms with Crippen LogP contribution in [0, 0.1) is 11.7 Å². The van der Waals surface area contributed by atoms with E-state index in [1.807, 2.05) is 13.8 Å². The Labute approximate surface area is 170 Å². The number of rotatable bonds is 6. The molecule has 2 aromatic heterocycles. The van der Waals surface area contributed by atoms with E-state index in [0.717, 1.165) is 12.1 Å². The number of nitrogens with zero attached hydrogens (tertiary/aromatic N) is 4. The van der Waals surface area contributed by atoms with Gasteiger partial charge in [-0.1, -0.05) is 19.9 Å². The number of benzene rings is 1. The summed E-state index contributed by atoms with van der Waals surface area (Å²) in [6, 6.07) is 2.79. The van der Waals surface area contributed by atoms with Crippen molar-refractivity contribution in [3.05, 3.63) is 51.2 Å². The van der Waals surface area contributed by atoms with Crippen molar-refractivity contribution in [1.82, 2.24) is 19.7 Å². The van der Waals surface area contributed by atoms with Crippen LogP contribution in [0.2, 0.25) is 0 Å². The fourth-order valence-corrected chi connectivity index (χ4v) is 3.48. The molecule has 0 aliphatic rings. The Morgan fingerprint density at radius 2 is 1.93 bits per heavy atom. The van der Waals surface area contributed by atoms with Crippen LogP contribution in [0.3, 0.4) is 0 Å². The van der Waals surface area contributed by atoms with E-state index in [-0.39, 0.29) is 28.6 Å². The molecule has 0 bridgehead atoms. The van der Waals surface area contributed by atoms with Gasteiger partial charge in [0, 0.05) is 21.0 Å². The van der Waals surface area contributed by atoms with Crippen LogP contribution in [0.25, 0.3) is 11.0 Å². The maximum Gasteiger partial charge on any atom is 0.273 e. The van der Waals surface area contributed by atoms with Crippen LogP contribution in [0.15, 0.2) is 23.0 Å². The highest BCUT2D eigenvalue weighted by Gasteiger charge is 2.31. The molecule has 1 N–H and O–H groups in total. The zero-order valence-electron chi connectivity index (χ0n) is 17.3.